The van der Waals surface area contributed by atoms with E-state index in [1.54, 1.807) is 27.7 Å². The van der Waals surface area contributed by atoms with Gasteiger partial charge >= 0.3 is 0 Å². The molecule has 0 saturated heterocycles. The summed E-state index contributed by atoms with van der Waals surface area (Å²) in [6.45, 7) is 4.51. The number of fused-ring (bicyclic) bond motifs is 5. The Morgan fingerprint density at radius 1 is 1.12 bits per heavy atom. The van der Waals surface area contributed by atoms with Crippen molar-refractivity contribution < 1.29 is 0 Å². The van der Waals surface area contributed by atoms with Crippen LogP contribution in [0.4, 0.5) is 0 Å². The predicted octanol–water partition coefficient (Wildman–Crippen LogP) is 6.60. The summed E-state index contributed by atoms with van der Waals surface area (Å²) in [4.78, 5) is 16.3. The van der Waals surface area contributed by atoms with E-state index in [2.05, 4.69) is 28.4 Å². The van der Waals surface area contributed by atoms with Crippen molar-refractivity contribution >= 4 is 39.1 Å². The van der Waals surface area contributed by atoms with Gasteiger partial charge in [-0.1, -0.05) is 69.5 Å². The summed E-state index contributed by atoms with van der Waals surface area (Å²) >= 11 is 3.54. The number of benzene rings is 1. The van der Waals surface area contributed by atoms with Crippen molar-refractivity contribution in [3.05, 3.63) is 51.1 Å². The van der Waals surface area contributed by atoms with Gasteiger partial charge in [0, 0.05) is 10.6 Å². The molecule has 1 atom stereocenters. The van der Waals surface area contributed by atoms with Gasteiger partial charge in [0.25, 0.3) is 5.56 Å². The third-order valence-electron chi connectivity index (χ3n) is 6.47. The van der Waals surface area contributed by atoms with Crippen molar-refractivity contribution in [3.8, 4) is 5.69 Å². The lowest BCUT2D eigenvalue weighted by Crippen LogP contribution is -2.22. The first-order chi connectivity index (χ1) is 15.7. The van der Waals surface area contributed by atoms with Crippen LogP contribution in [0, 0.1) is 0 Å². The molecule has 1 unspecified atom stereocenters. The number of aryl methyl sites for hydroxylation is 1. The molecule has 1 aromatic carbocycles. The van der Waals surface area contributed by atoms with Gasteiger partial charge in [0.15, 0.2) is 5.16 Å². The van der Waals surface area contributed by atoms with Crippen LogP contribution in [0.15, 0.2) is 40.3 Å². The molecule has 1 aliphatic carbocycles. The third-order valence-corrected chi connectivity index (χ3v) is 8.73. The third kappa shape index (κ3) is 3.79. The molecule has 0 spiro atoms. The molecule has 5 nitrogen and oxygen atoms in total. The minimum atomic E-state index is 0.0356. The lowest BCUT2D eigenvalue weighted by Gasteiger charge is -2.18. The fraction of sp³-hybridized carbons (Fsp3) is 0.480. The molecule has 168 valence electrons. The molecule has 0 N–H and O–H groups in total. The Morgan fingerprint density at radius 3 is 2.75 bits per heavy atom. The van der Waals surface area contributed by atoms with Crippen LogP contribution in [-0.2, 0) is 6.42 Å². The van der Waals surface area contributed by atoms with Gasteiger partial charge in [-0.15, -0.1) is 21.5 Å². The highest BCUT2D eigenvalue weighted by atomic mass is 32.2. The summed E-state index contributed by atoms with van der Waals surface area (Å²) in [7, 11) is 0. The van der Waals surface area contributed by atoms with Gasteiger partial charge in [-0.25, -0.2) is 8.97 Å². The summed E-state index contributed by atoms with van der Waals surface area (Å²) < 4.78 is 3.91. The number of rotatable bonds is 8. The second kappa shape index (κ2) is 9.40. The molecule has 5 rings (SSSR count). The Kier molecular flexibility index (Phi) is 6.37. The van der Waals surface area contributed by atoms with Crippen LogP contribution in [0.5, 0.6) is 0 Å². The SMILES string of the molecule is CCCCCCCSc1nnc2n(-c3ccccc3)c(=O)c3c4c(sc3n12)CCCC4C. The number of thiophene rings is 1. The zero-order valence-corrected chi connectivity index (χ0v) is 20.5. The Labute approximate surface area is 196 Å². The smallest absolute Gasteiger partial charge is 0.268 e. The van der Waals surface area contributed by atoms with Crippen LogP contribution < -0.4 is 5.56 Å². The molecule has 7 heteroatoms. The monoisotopic (exact) mass is 466 g/mol. The fourth-order valence-electron chi connectivity index (χ4n) is 4.82. The number of para-hydroxylation sites is 1. The normalized spacial score (nSPS) is 16.1. The maximum Gasteiger partial charge on any atom is 0.268 e. The molecule has 0 saturated carbocycles. The quantitative estimate of drug-likeness (QED) is 0.217. The van der Waals surface area contributed by atoms with Crippen LogP contribution in [0.3, 0.4) is 0 Å². The highest BCUT2D eigenvalue weighted by Gasteiger charge is 2.28. The fourth-order valence-corrected chi connectivity index (χ4v) is 7.26. The summed E-state index contributed by atoms with van der Waals surface area (Å²) in [5, 5.41) is 10.8. The first-order valence-corrected chi connectivity index (χ1v) is 13.6. The molecule has 32 heavy (non-hydrogen) atoms. The van der Waals surface area contributed by atoms with Crippen LogP contribution in [0.1, 0.15) is 75.2 Å². The molecule has 0 amide bonds. The van der Waals surface area contributed by atoms with E-state index in [0.717, 1.165) is 39.7 Å². The van der Waals surface area contributed by atoms with Crippen LogP contribution in [0.25, 0.3) is 21.7 Å². The molecule has 3 heterocycles. The van der Waals surface area contributed by atoms with Gasteiger partial charge in [-0.2, -0.15) is 0 Å². The number of hydrogen-bond acceptors (Lipinski definition) is 5. The summed E-state index contributed by atoms with van der Waals surface area (Å²) in [5.74, 6) is 2.05. The lowest BCUT2D eigenvalue weighted by molar-refractivity contribution is 0.601. The van der Waals surface area contributed by atoms with Gasteiger partial charge in [0.2, 0.25) is 5.78 Å². The molecule has 0 fully saturated rings. The standard InChI is InChI=1S/C25H30N4OS2/c1-3-4-5-6-10-16-31-25-27-26-24-28(18-13-8-7-9-14-18)22(30)21-20-17(2)12-11-15-19(20)32-23(21)29(24)25/h7-9,13-14,17H,3-6,10-12,15-16H2,1-2H3. The van der Waals surface area contributed by atoms with E-state index >= 15 is 0 Å². The molecule has 0 aliphatic heterocycles. The van der Waals surface area contributed by atoms with Crippen LogP contribution in [-0.4, -0.2) is 24.9 Å². The van der Waals surface area contributed by atoms with E-state index in [9.17, 15) is 4.79 Å². The van der Waals surface area contributed by atoms with Crippen molar-refractivity contribution in [3.63, 3.8) is 0 Å². The van der Waals surface area contributed by atoms with Gasteiger partial charge in [0.1, 0.15) is 4.83 Å². The molecule has 3 aromatic heterocycles. The van der Waals surface area contributed by atoms with E-state index in [0.29, 0.717) is 11.7 Å². The largest absolute Gasteiger partial charge is 0.268 e. The van der Waals surface area contributed by atoms with E-state index in [4.69, 9.17) is 0 Å². The summed E-state index contributed by atoms with van der Waals surface area (Å²) in [5.41, 5.74) is 2.14. The topological polar surface area (TPSA) is 52.2 Å². The number of aromatic nitrogens is 4. The summed E-state index contributed by atoms with van der Waals surface area (Å²) in [6.07, 6.45) is 9.70. The molecule has 0 radical (unpaired) electrons. The van der Waals surface area contributed by atoms with E-state index < -0.39 is 0 Å². The molecule has 0 bridgehead atoms. The first kappa shape index (κ1) is 21.7. The molecular formula is C25H30N4OS2. The van der Waals surface area contributed by atoms with E-state index in [1.807, 2.05) is 30.3 Å². The van der Waals surface area contributed by atoms with Gasteiger partial charge in [-0.05, 0) is 49.3 Å². The highest BCUT2D eigenvalue weighted by Crippen LogP contribution is 2.41. The van der Waals surface area contributed by atoms with E-state index in [1.165, 1.54) is 49.0 Å². The summed E-state index contributed by atoms with van der Waals surface area (Å²) in [6, 6.07) is 9.87. The van der Waals surface area contributed by atoms with Crippen molar-refractivity contribution in [2.45, 2.75) is 76.3 Å². The Balaban J connectivity index is 1.66. The van der Waals surface area contributed by atoms with Crippen LogP contribution >= 0.6 is 23.1 Å². The molecule has 1 aliphatic rings. The average molecular weight is 467 g/mol. The lowest BCUT2D eigenvalue weighted by atomic mass is 9.88. The van der Waals surface area contributed by atoms with Crippen molar-refractivity contribution in [1.29, 1.82) is 0 Å². The zero-order valence-electron chi connectivity index (χ0n) is 18.8. The first-order valence-electron chi connectivity index (χ1n) is 11.8. The van der Waals surface area contributed by atoms with Crippen molar-refractivity contribution in [2.24, 2.45) is 0 Å². The van der Waals surface area contributed by atoms with Gasteiger partial charge in [-0.3, -0.25) is 4.79 Å². The zero-order chi connectivity index (χ0) is 22.1. The molecular weight excluding hydrogens is 436 g/mol. The second-order valence-corrected chi connectivity index (χ2v) is 10.9. The number of unbranched alkanes of at least 4 members (excludes halogenated alkanes) is 4. The second-order valence-electron chi connectivity index (χ2n) is 8.77. The Bertz CT molecular complexity index is 1290. The van der Waals surface area contributed by atoms with Gasteiger partial charge in [0.05, 0.1) is 11.1 Å². The van der Waals surface area contributed by atoms with Gasteiger partial charge < -0.3 is 0 Å². The Hall–Kier alpha value is -2.12. The highest BCUT2D eigenvalue weighted by molar-refractivity contribution is 7.99. The van der Waals surface area contributed by atoms with Crippen molar-refractivity contribution in [1.82, 2.24) is 19.2 Å². The Morgan fingerprint density at radius 2 is 1.94 bits per heavy atom. The number of hydrogen-bond donors (Lipinski definition) is 0. The minimum Gasteiger partial charge on any atom is -0.268 e. The molecule has 4 aromatic rings. The maximum atomic E-state index is 13.9. The van der Waals surface area contributed by atoms with Crippen LogP contribution in [0.2, 0.25) is 0 Å². The van der Waals surface area contributed by atoms with E-state index in [-0.39, 0.29) is 5.56 Å². The minimum absolute atomic E-state index is 0.0356. The van der Waals surface area contributed by atoms with Crippen molar-refractivity contribution in [2.75, 3.05) is 5.75 Å². The maximum absolute atomic E-state index is 13.9. The average Bonchev–Trinajstić information content (AvgIpc) is 3.39. The number of nitrogens with zero attached hydrogens (tertiary/aromatic N) is 4. The number of thioether (sulfide) groups is 1. The predicted molar refractivity (Wildman–Crippen MR) is 135 cm³/mol.